The molecular weight excluding hydrogens is 562 g/mol. The van der Waals surface area contributed by atoms with Crippen molar-refractivity contribution in [2.45, 2.75) is 45.2 Å². The first-order valence-corrected chi connectivity index (χ1v) is 16.3. The van der Waals surface area contributed by atoms with E-state index in [0.717, 1.165) is 57.2 Å². The summed E-state index contributed by atoms with van der Waals surface area (Å²) >= 11 is 0. The average molecular weight is 610 g/mol. The second-order valence-electron chi connectivity index (χ2n) is 13.3. The number of hydrogen-bond acceptors (Lipinski definition) is 9. The van der Waals surface area contributed by atoms with Crippen molar-refractivity contribution < 1.29 is 9.47 Å². The summed E-state index contributed by atoms with van der Waals surface area (Å²) in [5.74, 6) is 0.985. The van der Waals surface area contributed by atoms with Crippen LogP contribution in [0.3, 0.4) is 0 Å². The third-order valence-electron chi connectivity index (χ3n) is 9.57. The number of nitriles is 1. The highest BCUT2D eigenvalue weighted by atomic mass is 16.5. The van der Waals surface area contributed by atoms with E-state index in [1.54, 1.807) is 7.11 Å². The van der Waals surface area contributed by atoms with Gasteiger partial charge in [-0.15, -0.1) is 0 Å². The normalized spacial score (nSPS) is 19.7. The van der Waals surface area contributed by atoms with E-state index in [4.69, 9.17) is 19.4 Å². The Bertz CT molecular complexity index is 1560. The largest absolute Gasteiger partial charge is 0.463 e. The molecule has 0 N–H and O–H groups in total. The maximum Gasteiger partial charge on any atom is 0.318 e. The van der Waals surface area contributed by atoms with Gasteiger partial charge in [-0.05, 0) is 57.3 Å². The second-order valence-corrected chi connectivity index (χ2v) is 13.3. The van der Waals surface area contributed by atoms with E-state index in [1.165, 1.54) is 40.4 Å². The number of anilines is 2. The van der Waals surface area contributed by atoms with Crippen molar-refractivity contribution in [3.8, 4) is 12.1 Å². The number of aryl methyl sites for hydroxylation is 1. The van der Waals surface area contributed by atoms with Crippen LogP contribution in [0.1, 0.15) is 36.1 Å². The first kappa shape index (κ1) is 31.3. The van der Waals surface area contributed by atoms with Crippen LogP contribution < -0.4 is 14.5 Å². The standard InChI is InChI=1S/C36H47N7O2/c1-27-9-7-10-28-11-8-12-32(33(27)28)42-19-14-30-31(24-42)38-35(45-26-36(15-16-36)25-40(2)3)39-34(30)43-21-20-41(18-5-6-22-44-4)29(23-43)13-17-37/h5-12,29H,13-16,18-26H2,1-4H3/b6-5+. The fourth-order valence-electron chi connectivity index (χ4n) is 7.10. The lowest BCUT2D eigenvalue weighted by Crippen LogP contribution is -2.53. The Hall–Kier alpha value is -3.71. The van der Waals surface area contributed by atoms with Crippen LogP contribution in [0, 0.1) is 23.7 Å². The molecule has 0 spiro atoms. The van der Waals surface area contributed by atoms with Crippen LogP contribution in [-0.4, -0.2) is 99.5 Å². The first-order chi connectivity index (χ1) is 21.9. The zero-order valence-corrected chi connectivity index (χ0v) is 27.3. The fourth-order valence-corrected chi connectivity index (χ4v) is 7.10. The maximum absolute atomic E-state index is 9.70. The third-order valence-corrected chi connectivity index (χ3v) is 9.57. The predicted molar refractivity (Wildman–Crippen MR) is 180 cm³/mol. The van der Waals surface area contributed by atoms with E-state index in [2.05, 4.69) is 89.2 Å². The van der Waals surface area contributed by atoms with Gasteiger partial charge in [0.05, 0.1) is 37.9 Å². The molecular formula is C36H47N7O2. The Kier molecular flexibility index (Phi) is 9.55. The lowest BCUT2D eigenvalue weighted by molar-refractivity contribution is 0.181. The van der Waals surface area contributed by atoms with Gasteiger partial charge in [0.25, 0.3) is 0 Å². The topological polar surface area (TPSA) is 81.0 Å². The average Bonchev–Trinajstić information content (AvgIpc) is 3.80. The van der Waals surface area contributed by atoms with Crippen LogP contribution >= 0.6 is 0 Å². The van der Waals surface area contributed by atoms with Crippen molar-refractivity contribution in [2.75, 3.05) is 83.5 Å². The molecule has 0 bridgehead atoms. The smallest absolute Gasteiger partial charge is 0.318 e. The van der Waals surface area contributed by atoms with Gasteiger partial charge in [0.2, 0.25) is 0 Å². The van der Waals surface area contributed by atoms with Crippen molar-refractivity contribution >= 4 is 22.3 Å². The molecule has 9 heteroatoms. The van der Waals surface area contributed by atoms with Gasteiger partial charge in [-0.25, -0.2) is 0 Å². The summed E-state index contributed by atoms with van der Waals surface area (Å²) in [6.45, 7) is 9.33. The van der Waals surface area contributed by atoms with Crippen molar-refractivity contribution in [2.24, 2.45) is 5.41 Å². The van der Waals surface area contributed by atoms with Crippen LogP contribution in [0.15, 0.2) is 48.6 Å². The highest BCUT2D eigenvalue weighted by molar-refractivity contribution is 5.97. The van der Waals surface area contributed by atoms with Gasteiger partial charge in [-0.1, -0.05) is 42.5 Å². The monoisotopic (exact) mass is 609 g/mol. The highest BCUT2D eigenvalue weighted by Gasteiger charge is 2.44. The molecule has 9 nitrogen and oxygen atoms in total. The molecule has 3 aromatic rings. The highest BCUT2D eigenvalue weighted by Crippen LogP contribution is 2.46. The molecule has 1 atom stereocenters. The number of aromatic nitrogens is 2. The van der Waals surface area contributed by atoms with Gasteiger partial charge < -0.3 is 24.2 Å². The van der Waals surface area contributed by atoms with Crippen LogP contribution in [0.5, 0.6) is 6.01 Å². The summed E-state index contributed by atoms with van der Waals surface area (Å²) in [7, 11) is 5.96. The van der Waals surface area contributed by atoms with Crippen LogP contribution in [0.4, 0.5) is 11.5 Å². The van der Waals surface area contributed by atoms with E-state index >= 15 is 0 Å². The number of nitrogens with zero attached hydrogens (tertiary/aromatic N) is 7. The van der Waals surface area contributed by atoms with E-state index in [1.807, 2.05) is 6.08 Å². The Labute approximate surface area is 268 Å². The van der Waals surface area contributed by atoms with Crippen molar-refractivity contribution in [3.05, 3.63) is 65.4 Å². The Balaban J connectivity index is 1.30. The lowest BCUT2D eigenvalue weighted by Gasteiger charge is -2.42. The minimum absolute atomic E-state index is 0.125. The molecule has 6 rings (SSSR count). The summed E-state index contributed by atoms with van der Waals surface area (Å²) in [6, 6.07) is 16.2. The van der Waals surface area contributed by atoms with Crippen LogP contribution in [0.2, 0.25) is 0 Å². The van der Waals surface area contributed by atoms with Crippen LogP contribution in [0.25, 0.3) is 10.8 Å². The molecule has 1 aromatic heterocycles. The molecule has 3 aliphatic rings. The van der Waals surface area contributed by atoms with Gasteiger partial charge in [0, 0.05) is 74.5 Å². The summed E-state index contributed by atoms with van der Waals surface area (Å²) in [5, 5.41) is 12.3. The molecule has 0 radical (unpaired) electrons. The molecule has 1 saturated heterocycles. The Morgan fingerprint density at radius 2 is 1.89 bits per heavy atom. The second kappa shape index (κ2) is 13.7. The van der Waals surface area contributed by atoms with E-state index in [-0.39, 0.29) is 11.5 Å². The van der Waals surface area contributed by atoms with E-state index in [0.29, 0.717) is 32.2 Å². The Morgan fingerprint density at radius 1 is 1.07 bits per heavy atom. The van der Waals surface area contributed by atoms with E-state index < -0.39 is 0 Å². The van der Waals surface area contributed by atoms with Gasteiger partial charge in [-0.2, -0.15) is 15.2 Å². The molecule has 45 heavy (non-hydrogen) atoms. The molecule has 1 saturated carbocycles. The van der Waals surface area contributed by atoms with Crippen molar-refractivity contribution in [1.82, 2.24) is 19.8 Å². The number of rotatable bonds is 12. The number of ether oxygens (including phenoxy) is 2. The predicted octanol–water partition coefficient (Wildman–Crippen LogP) is 4.83. The minimum Gasteiger partial charge on any atom is -0.463 e. The summed E-state index contributed by atoms with van der Waals surface area (Å²) in [4.78, 5) is 19.7. The molecule has 3 heterocycles. The fraction of sp³-hybridized carbons (Fsp3) is 0.528. The number of hydrogen-bond donors (Lipinski definition) is 0. The summed E-state index contributed by atoms with van der Waals surface area (Å²) in [5.41, 5.74) is 5.00. The van der Waals surface area contributed by atoms with Gasteiger partial charge >= 0.3 is 6.01 Å². The number of methoxy groups -OCH3 is 1. The SMILES string of the molecule is COC/C=C/CN1CCN(c2nc(OCC3(CN(C)C)CC3)nc3c2CCN(c2cccc4cccc(C)c24)C3)CC1CC#N. The molecule has 1 unspecified atom stereocenters. The molecule has 2 aliphatic heterocycles. The summed E-state index contributed by atoms with van der Waals surface area (Å²) in [6.07, 6.45) is 7.88. The van der Waals surface area contributed by atoms with Crippen LogP contribution in [-0.2, 0) is 17.7 Å². The molecule has 0 amide bonds. The van der Waals surface area contributed by atoms with E-state index in [9.17, 15) is 5.26 Å². The molecule has 238 valence electrons. The number of fused-ring (bicyclic) bond motifs is 2. The Morgan fingerprint density at radius 3 is 2.64 bits per heavy atom. The zero-order chi connectivity index (χ0) is 31.4. The zero-order valence-electron chi connectivity index (χ0n) is 27.3. The van der Waals surface area contributed by atoms with Gasteiger partial charge in [-0.3, -0.25) is 4.90 Å². The van der Waals surface area contributed by atoms with Crippen molar-refractivity contribution in [1.29, 1.82) is 5.26 Å². The molecule has 1 aliphatic carbocycles. The lowest BCUT2D eigenvalue weighted by atomic mass is 9.99. The maximum atomic E-state index is 9.70. The van der Waals surface area contributed by atoms with Gasteiger partial charge in [0.15, 0.2) is 0 Å². The molecule has 2 fully saturated rings. The number of piperazine rings is 1. The molecule has 2 aromatic carbocycles. The summed E-state index contributed by atoms with van der Waals surface area (Å²) < 4.78 is 11.6. The number of benzene rings is 2. The van der Waals surface area contributed by atoms with Crippen molar-refractivity contribution in [3.63, 3.8) is 0 Å². The minimum atomic E-state index is 0.125. The third kappa shape index (κ3) is 7.09. The quantitative estimate of drug-likeness (QED) is 0.268. The van der Waals surface area contributed by atoms with Gasteiger partial charge in [0.1, 0.15) is 5.82 Å². The first-order valence-electron chi connectivity index (χ1n) is 16.3.